The van der Waals surface area contributed by atoms with E-state index in [1.165, 1.54) is 0 Å². The second-order valence-electron chi connectivity index (χ2n) is 12.4. The quantitative estimate of drug-likeness (QED) is 0.383. The summed E-state index contributed by atoms with van der Waals surface area (Å²) in [5, 5.41) is 32.3. The van der Waals surface area contributed by atoms with E-state index >= 15 is 0 Å². The van der Waals surface area contributed by atoms with Crippen molar-refractivity contribution in [3.8, 4) is 11.5 Å². The zero-order chi connectivity index (χ0) is 27.9. The Balaban J connectivity index is 1.33. The molecule has 8 nitrogen and oxygen atoms in total. The molecule has 5 aliphatic rings. The summed E-state index contributed by atoms with van der Waals surface area (Å²) in [6.07, 6.45) is 5.06. The summed E-state index contributed by atoms with van der Waals surface area (Å²) in [5.74, 6) is -2.70. The van der Waals surface area contributed by atoms with Crippen LogP contribution in [0.2, 0.25) is 0 Å². The molecule has 0 radical (unpaired) electrons. The summed E-state index contributed by atoms with van der Waals surface area (Å²) in [7, 11) is 0. The van der Waals surface area contributed by atoms with Crippen LogP contribution in [0.1, 0.15) is 67.4 Å². The van der Waals surface area contributed by atoms with Gasteiger partial charge in [0.1, 0.15) is 17.0 Å². The Hall–Kier alpha value is -3.65. The van der Waals surface area contributed by atoms with Gasteiger partial charge in [-0.15, -0.1) is 0 Å². The largest absolute Gasteiger partial charge is 0.506 e. The summed E-state index contributed by atoms with van der Waals surface area (Å²) >= 11 is 0. The molecule has 204 valence electrons. The normalized spacial score (nSPS) is 34.1. The zero-order valence-corrected chi connectivity index (χ0v) is 22.3. The number of aromatic carboxylic acids is 1. The lowest BCUT2D eigenvalue weighted by Gasteiger charge is -2.56. The SMILES string of the molecule is Cc1cccc(C2=C[C@]34C[C@@H]5C[C@H](O[C@@]5(C)C3)[C@H]4[C@](C)(CCC(=O)Nc3c(O)ccc(C(=O)O)c3O)C2=O)c1. The van der Waals surface area contributed by atoms with E-state index in [-0.39, 0.29) is 47.4 Å². The molecule has 2 saturated carbocycles. The molecule has 2 aliphatic heterocycles. The van der Waals surface area contributed by atoms with Crippen molar-refractivity contribution in [2.45, 2.75) is 64.6 Å². The third-order valence-corrected chi connectivity index (χ3v) is 9.83. The maximum Gasteiger partial charge on any atom is 0.339 e. The van der Waals surface area contributed by atoms with Crippen LogP contribution in [0, 0.1) is 29.6 Å². The number of hydrogen-bond acceptors (Lipinski definition) is 6. The maximum absolute atomic E-state index is 14.3. The highest BCUT2D eigenvalue weighted by molar-refractivity contribution is 6.24. The number of ether oxygens (including phenoxy) is 1. The van der Waals surface area contributed by atoms with Gasteiger partial charge in [-0.2, -0.15) is 0 Å². The molecule has 4 N–H and O–H groups in total. The molecule has 39 heavy (non-hydrogen) atoms. The molecule has 3 aliphatic carbocycles. The Morgan fingerprint density at radius 3 is 2.62 bits per heavy atom. The first-order valence-corrected chi connectivity index (χ1v) is 13.5. The summed E-state index contributed by atoms with van der Waals surface area (Å²) in [6, 6.07) is 10.1. The number of nitrogens with one attached hydrogen (secondary N) is 1. The number of phenolic OH excluding ortho intramolecular Hbond substituents is 1. The number of anilines is 1. The number of rotatable bonds is 6. The molecule has 6 atom stereocenters. The van der Waals surface area contributed by atoms with Crippen LogP contribution in [0.5, 0.6) is 11.5 Å². The van der Waals surface area contributed by atoms with E-state index in [1.807, 2.05) is 38.1 Å². The first kappa shape index (κ1) is 25.6. The molecule has 4 bridgehead atoms. The van der Waals surface area contributed by atoms with Gasteiger partial charge in [0.05, 0.1) is 11.7 Å². The van der Waals surface area contributed by atoms with Gasteiger partial charge in [0.2, 0.25) is 5.91 Å². The number of Topliss-reactive ketones (excluding diaryl/α,β-unsaturated/α-hetero) is 1. The van der Waals surface area contributed by atoms with Crippen LogP contribution in [0.3, 0.4) is 0 Å². The van der Waals surface area contributed by atoms with Crippen molar-refractivity contribution in [3.63, 3.8) is 0 Å². The third kappa shape index (κ3) is 3.72. The molecule has 1 amide bonds. The number of carboxylic acid groups (broad SMARTS) is 1. The first-order valence-electron chi connectivity index (χ1n) is 13.5. The molecular weight excluding hydrogens is 498 g/mol. The van der Waals surface area contributed by atoms with Crippen molar-refractivity contribution in [3.05, 3.63) is 59.2 Å². The van der Waals surface area contributed by atoms with Gasteiger partial charge in [-0.3, -0.25) is 9.59 Å². The topological polar surface area (TPSA) is 133 Å². The summed E-state index contributed by atoms with van der Waals surface area (Å²) in [5.41, 5.74) is 0.603. The summed E-state index contributed by atoms with van der Waals surface area (Å²) < 4.78 is 6.57. The number of carbonyl (C=O) groups excluding carboxylic acids is 2. The van der Waals surface area contributed by atoms with E-state index in [0.717, 1.165) is 42.5 Å². The van der Waals surface area contributed by atoms with Crippen LogP contribution in [0.15, 0.2) is 42.5 Å². The Labute approximate surface area is 226 Å². The monoisotopic (exact) mass is 531 g/mol. The van der Waals surface area contributed by atoms with E-state index in [1.54, 1.807) is 0 Å². The van der Waals surface area contributed by atoms with Gasteiger partial charge >= 0.3 is 5.97 Å². The third-order valence-electron chi connectivity index (χ3n) is 9.83. The van der Waals surface area contributed by atoms with Crippen LogP contribution in [0.25, 0.3) is 5.57 Å². The van der Waals surface area contributed by atoms with Crippen LogP contribution in [0.4, 0.5) is 5.69 Å². The van der Waals surface area contributed by atoms with Gasteiger partial charge in [-0.05, 0) is 68.6 Å². The van der Waals surface area contributed by atoms with Crippen molar-refractivity contribution in [2.24, 2.45) is 22.7 Å². The number of allylic oxidation sites excluding steroid dienone is 2. The number of amides is 1. The molecule has 2 heterocycles. The molecule has 2 aromatic carbocycles. The lowest BCUT2D eigenvalue weighted by Crippen LogP contribution is -2.57. The van der Waals surface area contributed by atoms with E-state index in [9.17, 15) is 29.7 Å². The van der Waals surface area contributed by atoms with Gasteiger partial charge in [-0.1, -0.05) is 42.8 Å². The minimum absolute atomic E-state index is 0.00218. The average Bonchev–Trinajstić information content (AvgIpc) is 3.23. The van der Waals surface area contributed by atoms with Gasteiger partial charge < -0.3 is 25.4 Å². The number of benzene rings is 2. The van der Waals surface area contributed by atoms with Gasteiger partial charge in [0.25, 0.3) is 0 Å². The number of aryl methyl sites for hydroxylation is 1. The van der Waals surface area contributed by atoms with Gasteiger partial charge in [0, 0.05) is 23.3 Å². The molecule has 2 saturated heterocycles. The van der Waals surface area contributed by atoms with Crippen LogP contribution in [-0.2, 0) is 14.3 Å². The highest BCUT2D eigenvalue weighted by Crippen LogP contribution is 2.72. The fourth-order valence-corrected chi connectivity index (χ4v) is 8.29. The molecule has 2 aromatic rings. The second-order valence-corrected chi connectivity index (χ2v) is 12.4. The summed E-state index contributed by atoms with van der Waals surface area (Å²) in [4.78, 5) is 38.8. The number of hydrogen-bond donors (Lipinski definition) is 4. The molecule has 0 unspecified atom stereocenters. The Morgan fingerprint density at radius 2 is 1.92 bits per heavy atom. The van der Waals surface area contributed by atoms with Gasteiger partial charge in [-0.25, -0.2) is 4.79 Å². The Kier molecular flexibility index (Phi) is 5.53. The van der Waals surface area contributed by atoms with E-state index in [4.69, 9.17) is 4.74 Å². The average molecular weight is 532 g/mol. The number of ketones is 1. The second kappa shape index (κ2) is 8.42. The van der Waals surface area contributed by atoms with E-state index in [2.05, 4.69) is 18.3 Å². The van der Waals surface area contributed by atoms with Crippen LogP contribution < -0.4 is 5.32 Å². The molecule has 7 rings (SSSR count). The van der Waals surface area contributed by atoms with Crippen molar-refractivity contribution in [2.75, 3.05) is 5.32 Å². The van der Waals surface area contributed by atoms with Crippen LogP contribution in [-0.4, -0.2) is 44.7 Å². The Bertz CT molecular complexity index is 1460. The number of carbonyl (C=O) groups is 3. The van der Waals surface area contributed by atoms with Crippen molar-refractivity contribution in [1.29, 1.82) is 0 Å². The number of aromatic hydroxyl groups is 2. The predicted octanol–water partition coefficient (Wildman–Crippen LogP) is 5.07. The maximum atomic E-state index is 14.3. The predicted molar refractivity (Wildman–Crippen MR) is 143 cm³/mol. The van der Waals surface area contributed by atoms with Crippen LogP contribution >= 0.6 is 0 Å². The van der Waals surface area contributed by atoms with E-state index < -0.39 is 34.4 Å². The lowest BCUT2D eigenvalue weighted by molar-refractivity contribution is -0.168. The smallest absolute Gasteiger partial charge is 0.339 e. The highest BCUT2D eigenvalue weighted by atomic mass is 16.5. The fraction of sp³-hybridized carbons (Fsp3) is 0.452. The first-order chi connectivity index (χ1) is 18.4. The highest BCUT2D eigenvalue weighted by Gasteiger charge is 2.72. The lowest BCUT2D eigenvalue weighted by atomic mass is 9.49. The minimum Gasteiger partial charge on any atom is -0.506 e. The zero-order valence-electron chi connectivity index (χ0n) is 22.3. The standard InChI is InChI=1S/C31H33NO7/c1-16-5-4-6-17(11-16)20-14-31-13-18-12-22(39-30(18,3)15-31)26(31)29(2,27(20)36)10-9-23(34)32-24-21(33)8-7-19(25(24)35)28(37)38/h4-8,11,14,18,22,26,33,35H,9-10,12-13,15H2,1-3H3,(H,32,34)(H,37,38)/t18-,22-,26-,29-,30-,31+/m0/s1. The molecule has 1 spiro atoms. The van der Waals surface area contributed by atoms with E-state index in [0.29, 0.717) is 11.5 Å². The number of carboxylic acids is 1. The minimum atomic E-state index is -1.39. The summed E-state index contributed by atoms with van der Waals surface area (Å²) in [6.45, 7) is 6.14. The van der Waals surface area contributed by atoms with Crippen molar-refractivity contribution < 1.29 is 34.4 Å². The van der Waals surface area contributed by atoms with Crippen molar-refractivity contribution >= 4 is 28.9 Å². The Morgan fingerprint density at radius 1 is 1.15 bits per heavy atom. The molecule has 0 aromatic heterocycles. The number of phenols is 2. The molecular formula is C31H33NO7. The van der Waals surface area contributed by atoms with Crippen molar-refractivity contribution in [1.82, 2.24) is 0 Å². The van der Waals surface area contributed by atoms with Gasteiger partial charge in [0.15, 0.2) is 11.5 Å². The fourth-order valence-electron chi connectivity index (χ4n) is 8.29. The molecule has 8 heteroatoms. The molecule has 4 fully saturated rings.